The quantitative estimate of drug-likeness (QED) is 0.610. The molecule has 162 valence electrons. The molecule has 2 aromatic rings. The predicted octanol–water partition coefficient (Wildman–Crippen LogP) is 2.39. The third-order valence-electron chi connectivity index (χ3n) is 4.91. The van der Waals surface area contributed by atoms with Gasteiger partial charge in [-0.3, -0.25) is 24.2 Å². The van der Waals surface area contributed by atoms with Gasteiger partial charge in [0.2, 0.25) is 6.41 Å². The number of imide groups is 1. The number of hydrogen-bond donors (Lipinski definition) is 0. The number of cyclic esters (lactones) is 1. The van der Waals surface area contributed by atoms with E-state index in [-0.39, 0.29) is 25.6 Å². The van der Waals surface area contributed by atoms with Gasteiger partial charge in [0, 0.05) is 17.9 Å². The summed E-state index contributed by atoms with van der Waals surface area (Å²) in [7, 11) is 0. The van der Waals surface area contributed by atoms with Gasteiger partial charge in [0.1, 0.15) is 12.7 Å². The molecule has 31 heavy (non-hydrogen) atoms. The van der Waals surface area contributed by atoms with E-state index in [1.165, 1.54) is 4.90 Å². The number of morpholine rings is 1. The number of carbonyl (C=O) groups is 4. The number of carbonyl (C=O) groups excluding carboxylic acids is 4. The second-order valence-corrected chi connectivity index (χ2v) is 8.61. The molecule has 1 aromatic carbocycles. The molecular formula is C20H18ClN3O6S. The molecule has 2 aliphatic rings. The first-order valence-electron chi connectivity index (χ1n) is 9.44. The maximum Gasteiger partial charge on any atom is 0.414 e. The van der Waals surface area contributed by atoms with Crippen LogP contribution in [0.4, 0.5) is 16.2 Å². The molecule has 0 N–H and O–H groups in total. The zero-order valence-electron chi connectivity index (χ0n) is 16.2. The zero-order valence-corrected chi connectivity index (χ0v) is 17.8. The number of hydrogen-bond acceptors (Lipinski definition) is 7. The van der Waals surface area contributed by atoms with E-state index in [2.05, 4.69) is 0 Å². The van der Waals surface area contributed by atoms with Crippen LogP contribution in [0.15, 0.2) is 36.4 Å². The van der Waals surface area contributed by atoms with E-state index in [0.29, 0.717) is 40.1 Å². The molecule has 4 amide bonds. The van der Waals surface area contributed by atoms with E-state index in [1.54, 1.807) is 41.3 Å². The summed E-state index contributed by atoms with van der Waals surface area (Å²) in [5.41, 5.74) is 1.31. The van der Waals surface area contributed by atoms with Gasteiger partial charge in [-0.25, -0.2) is 4.79 Å². The normalized spacial score (nSPS) is 18.8. The van der Waals surface area contributed by atoms with Crippen molar-refractivity contribution < 1.29 is 28.7 Å². The molecule has 3 heterocycles. The van der Waals surface area contributed by atoms with Gasteiger partial charge in [-0.05, 0) is 36.4 Å². The lowest BCUT2D eigenvalue weighted by molar-refractivity contribution is -0.125. The van der Waals surface area contributed by atoms with Crippen molar-refractivity contribution in [1.29, 1.82) is 0 Å². The van der Waals surface area contributed by atoms with Crippen molar-refractivity contribution in [2.75, 3.05) is 42.6 Å². The van der Waals surface area contributed by atoms with Crippen molar-refractivity contribution in [2.45, 2.75) is 6.10 Å². The number of anilines is 2. The fourth-order valence-electron chi connectivity index (χ4n) is 3.39. The number of rotatable bonds is 6. The first-order chi connectivity index (χ1) is 15.0. The second kappa shape index (κ2) is 9.04. The number of nitrogens with zero attached hydrogens (tertiary/aromatic N) is 3. The Bertz CT molecular complexity index is 1010. The minimum absolute atomic E-state index is 0.0471. The summed E-state index contributed by atoms with van der Waals surface area (Å²) in [6, 6.07) is 10.1. The topological polar surface area (TPSA) is 96.5 Å². The lowest BCUT2D eigenvalue weighted by Gasteiger charge is -2.27. The molecule has 1 unspecified atom stereocenters. The number of amides is 4. The van der Waals surface area contributed by atoms with Gasteiger partial charge in [0.25, 0.3) is 11.8 Å². The molecule has 2 saturated heterocycles. The lowest BCUT2D eigenvalue weighted by Crippen LogP contribution is -2.41. The summed E-state index contributed by atoms with van der Waals surface area (Å²) in [4.78, 5) is 52.6. The van der Waals surface area contributed by atoms with Crippen molar-refractivity contribution in [3.63, 3.8) is 0 Å². The van der Waals surface area contributed by atoms with E-state index >= 15 is 0 Å². The van der Waals surface area contributed by atoms with Gasteiger partial charge in [0.15, 0.2) is 0 Å². The molecule has 11 heteroatoms. The summed E-state index contributed by atoms with van der Waals surface area (Å²) in [6.45, 7) is 1.09. The lowest BCUT2D eigenvalue weighted by atomic mass is 10.2. The number of benzene rings is 1. The Balaban J connectivity index is 1.41. The summed E-state index contributed by atoms with van der Waals surface area (Å²) >= 11 is 6.92. The predicted molar refractivity (Wildman–Crippen MR) is 114 cm³/mol. The zero-order chi connectivity index (χ0) is 22.0. The Morgan fingerprint density at radius 3 is 2.48 bits per heavy atom. The Hall–Kier alpha value is -2.95. The SMILES string of the molecule is O=CN(CC1CN(c2ccc(N3CCOCC3=O)cc2)C(=O)O1)C(=O)c1ccc(Cl)s1. The first kappa shape index (κ1) is 21.3. The second-order valence-electron chi connectivity index (χ2n) is 6.90. The van der Waals surface area contributed by atoms with E-state index in [9.17, 15) is 19.2 Å². The van der Waals surface area contributed by atoms with Gasteiger partial charge < -0.3 is 14.4 Å². The highest BCUT2D eigenvalue weighted by Gasteiger charge is 2.35. The van der Waals surface area contributed by atoms with Crippen LogP contribution in [0.3, 0.4) is 0 Å². The molecule has 0 bridgehead atoms. The van der Waals surface area contributed by atoms with Gasteiger partial charge >= 0.3 is 6.09 Å². The molecule has 4 rings (SSSR count). The molecule has 2 fully saturated rings. The largest absolute Gasteiger partial charge is 0.442 e. The smallest absolute Gasteiger partial charge is 0.414 e. The molecular weight excluding hydrogens is 446 g/mol. The average molecular weight is 464 g/mol. The Morgan fingerprint density at radius 2 is 1.87 bits per heavy atom. The number of halogens is 1. The fraction of sp³-hybridized carbons (Fsp3) is 0.300. The molecule has 9 nitrogen and oxygen atoms in total. The summed E-state index contributed by atoms with van der Waals surface area (Å²) in [5, 5.41) is 0. The van der Waals surface area contributed by atoms with Crippen LogP contribution in [0.25, 0.3) is 0 Å². The van der Waals surface area contributed by atoms with Crippen molar-refractivity contribution in [1.82, 2.24) is 4.90 Å². The molecule has 1 atom stereocenters. The molecule has 0 spiro atoms. The molecule has 0 saturated carbocycles. The van der Waals surface area contributed by atoms with Gasteiger partial charge in [-0.2, -0.15) is 0 Å². The van der Waals surface area contributed by atoms with E-state index in [1.807, 2.05) is 0 Å². The summed E-state index contributed by atoms with van der Waals surface area (Å²) in [6.07, 6.45) is -0.823. The fourth-order valence-corrected chi connectivity index (χ4v) is 4.39. The van der Waals surface area contributed by atoms with Crippen LogP contribution in [0, 0.1) is 0 Å². The van der Waals surface area contributed by atoms with E-state index < -0.39 is 18.1 Å². The first-order valence-corrected chi connectivity index (χ1v) is 10.6. The summed E-state index contributed by atoms with van der Waals surface area (Å²) < 4.78 is 10.9. The van der Waals surface area contributed by atoms with E-state index in [4.69, 9.17) is 21.1 Å². The van der Waals surface area contributed by atoms with E-state index in [0.717, 1.165) is 16.2 Å². The highest BCUT2D eigenvalue weighted by molar-refractivity contribution is 7.18. The third-order valence-corrected chi connectivity index (χ3v) is 6.12. The minimum atomic E-state index is -0.669. The van der Waals surface area contributed by atoms with Gasteiger partial charge in [-0.1, -0.05) is 11.6 Å². The Labute approximate surface area is 186 Å². The van der Waals surface area contributed by atoms with Gasteiger partial charge in [-0.15, -0.1) is 11.3 Å². The standard InChI is InChI=1S/C20H18ClN3O6S/c21-17-6-5-16(31-17)19(27)22(12-25)9-15-10-24(20(28)30-15)14-3-1-13(2-4-14)23-7-8-29-11-18(23)26/h1-6,12,15H,7-11H2. The molecule has 0 radical (unpaired) electrons. The van der Waals surface area contributed by atoms with Crippen LogP contribution in [-0.2, 0) is 19.1 Å². The van der Waals surface area contributed by atoms with Crippen molar-refractivity contribution >= 4 is 58.6 Å². The van der Waals surface area contributed by atoms with Crippen molar-refractivity contribution in [2.24, 2.45) is 0 Å². The van der Waals surface area contributed by atoms with Crippen LogP contribution < -0.4 is 9.80 Å². The Kier molecular flexibility index (Phi) is 6.21. The van der Waals surface area contributed by atoms with Crippen LogP contribution >= 0.6 is 22.9 Å². The number of ether oxygens (including phenoxy) is 2. The highest BCUT2D eigenvalue weighted by Crippen LogP contribution is 2.27. The number of thiophene rings is 1. The molecule has 2 aliphatic heterocycles. The molecule has 1 aromatic heterocycles. The third kappa shape index (κ3) is 4.55. The van der Waals surface area contributed by atoms with Crippen molar-refractivity contribution in [3.8, 4) is 0 Å². The maximum atomic E-state index is 12.5. The maximum absolute atomic E-state index is 12.5. The average Bonchev–Trinajstić information content (AvgIpc) is 3.37. The van der Waals surface area contributed by atoms with Crippen LogP contribution in [0.2, 0.25) is 4.34 Å². The monoisotopic (exact) mass is 463 g/mol. The Morgan fingerprint density at radius 1 is 1.16 bits per heavy atom. The highest BCUT2D eigenvalue weighted by atomic mass is 35.5. The molecule has 0 aliphatic carbocycles. The van der Waals surface area contributed by atoms with Gasteiger partial charge in [0.05, 0.1) is 28.9 Å². The van der Waals surface area contributed by atoms with Crippen LogP contribution in [0.5, 0.6) is 0 Å². The van der Waals surface area contributed by atoms with Crippen LogP contribution in [0.1, 0.15) is 9.67 Å². The summed E-state index contributed by atoms with van der Waals surface area (Å²) in [5.74, 6) is -0.619. The van der Waals surface area contributed by atoms with Crippen molar-refractivity contribution in [3.05, 3.63) is 45.6 Å². The minimum Gasteiger partial charge on any atom is -0.442 e. The van der Waals surface area contributed by atoms with Crippen LogP contribution in [-0.4, -0.2) is 68.2 Å².